The molecule has 0 spiro atoms. The fourth-order valence-electron chi connectivity index (χ4n) is 1.56. The molecule has 118 valence electrons. The number of ether oxygens (including phenoxy) is 1. The number of urea groups is 1. The SMILES string of the molecule is CNC(=O)NC(=O)[C@H](C)OC(=O)Cc1ccccc1[N+](=O)[O-]. The minimum Gasteiger partial charge on any atom is -0.452 e. The van der Waals surface area contributed by atoms with Crippen molar-refractivity contribution in [3.05, 3.63) is 39.9 Å². The van der Waals surface area contributed by atoms with E-state index in [-0.39, 0.29) is 17.7 Å². The molecule has 0 aliphatic carbocycles. The van der Waals surface area contributed by atoms with E-state index in [0.29, 0.717) is 0 Å². The third-order valence-electron chi connectivity index (χ3n) is 2.66. The lowest BCUT2D eigenvalue weighted by molar-refractivity contribution is -0.385. The molecule has 22 heavy (non-hydrogen) atoms. The third-order valence-corrected chi connectivity index (χ3v) is 2.66. The zero-order valence-corrected chi connectivity index (χ0v) is 12.0. The van der Waals surface area contributed by atoms with Crippen LogP contribution < -0.4 is 10.6 Å². The van der Waals surface area contributed by atoms with Crippen molar-refractivity contribution in [1.29, 1.82) is 0 Å². The molecule has 1 aromatic carbocycles. The number of imide groups is 1. The summed E-state index contributed by atoms with van der Waals surface area (Å²) in [5.41, 5.74) is -0.0293. The molecule has 0 aromatic heterocycles. The number of hydrogen-bond donors (Lipinski definition) is 2. The van der Waals surface area contributed by atoms with E-state index >= 15 is 0 Å². The van der Waals surface area contributed by atoms with Crippen LogP contribution in [0.3, 0.4) is 0 Å². The van der Waals surface area contributed by atoms with Crippen LogP contribution in [0.1, 0.15) is 12.5 Å². The van der Waals surface area contributed by atoms with E-state index in [2.05, 4.69) is 5.32 Å². The van der Waals surface area contributed by atoms with Gasteiger partial charge in [-0.25, -0.2) is 4.79 Å². The lowest BCUT2D eigenvalue weighted by atomic mass is 10.1. The molecule has 1 rings (SSSR count). The fraction of sp³-hybridized carbons (Fsp3) is 0.308. The Hall–Kier alpha value is -2.97. The molecular weight excluding hydrogens is 294 g/mol. The number of nitro benzene ring substituents is 1. The Bertz CT molecular complexity index is 601. The molecule has 0 saturated heterocycles. The molecule has 0 radical (unpaired) electrons. The summed E-state index contributed by atoms with van der Waals surface area (Å²) in [5.74, 6) is -1.61. The summed E-state index contributed by atoms with van der Waals surface area (Å²) in [6.45, 7) is 1.29. The molecule has 3 amide bonds. The molecule has 1 aromatic rings. The van der Waals surface area contributed by atoms with Gasteiger partial charge >= 0.3 is 12.0 Å². The molecular formula is C13H15N3O6. The van der Waals surface area contributed by atoms with E-state index < -0.39 is 28.9 Å². The quantitative estimate of drug-likeness (QED) is 0.464. The van der Waals surface area contributed by atoms with Gasteiger partial charge in [-0.05, 0) is 6.92 Å². The average Bonchev–Trinajstić information content (AvgIpc) is 2.47. The van der Waals surface area contributed by atoms with Gasteiger partial charge in [0, 0.05) is 18.7 Å². The number of benzene rings is 1. The number of esters is 1. The van der Waals surface area contributed by atoms with Crippen LogP contribution in [-0.4, -0.2) is 36.0 Å². The van der Waals surface area contributed by atoms with E-state index in [0.717, 1.165) is 0 Å². The number of nitrogens with zero attached hydrogens (tertiary/aromatic N) is 1. The largest absolute Gasteiger partial charge is 0.452 e. The van der Waals surface area contributed by atoms with Crippen LogP contribution in [0.5, 0.6) is 0 Å². The standard InChI is InChI=1S/C13H15N3O6/c1-8(12(18)15-13(19)14-2)22-11(17)7-9-5-3-4-6-10(9)16(20)21/h3-6,8H,7H2,1-2H3,(H2,14,15,18,19)/t8-/m0/s1. The molecule has 0 bridgehead atoms. The molecule has 2 N–H and O–H groups in total. The van der Waals surface area contributed by atoms with Crippen molar-refractivity contribution in [3.8, 4) is 0 Å². The fourth-order valence-corrected chi connectivity index (χ4v) is 1.56. The first-order chi connectivity index (χ1) is 10.3. The predicted molar refractivity (Wildman–Crippen MR) is 75.0 cm³/mol. The number of amides is 3. The number of nitro groups is 1. The van der Waals surface area contributed by atoms with Crippen molar-refractivity contribution in [1.82, 2.24) is 10.6 Å². The van der Waals surface area contributed by atoms with Crippen molar-refractivity contribution < 1.29 is 24.0 Å². The maximum atomic E-state index is 11.7. The zero-order valence-electron chi connectivity index (χ0n) is 12.0. The average molecular weight is 309 g/mol. The Morgan fingerprint density at radius 1 is 1.32 bits per heavy atom. The Morgan fingerprint density at radius 3 is 2.55 bits per heavy atom. The van der Waals surface area contributed by atoms with Crippen molar-refractivity contribution in [2.24, 2.45) is 0 Å². The lowest BCUT2D eigenvalue weighted by Gasteiger charge is -2.12. The molecule has 0 heterocycles. The second-order valence-electron chi connectivity index (χ2n) is 4.26. The van der Waals surface area contributed by atoms with E-state index in [1.165, 1.54) is 32.2 Å². The Balaban J connectivity index is 2.65. The van der Waals surface area contributed by atoms with Gasteiger partial charge in [0.1, 0.15) is 0 Å². The number of nitrogens with one attached hydrogen (secondary N) is 2. The second-order valence-corrected chi connectivity index (χ2v) is 4.26. The minimum absolute atomic E-state index is 0.177. The van der Waals surface area contributed by atoms with Gasteiger partial charge in [0.15, 0.2) is 6.10 Å². The summed E-state index contributed by atoms with van der Waals surface area (Å²) in [6, 6.07) is 4.99. The first-order valence-electron chi connectivity index (χ1n) is 6.29. The summed E-state index contributed by atoms with van der Waals surface area (Å²) in [7, 11) is 1.33. The molecule has 0 aliphatic rings. The Labute approximate surface area is 125 Å². The molecule has 0 unspecified atom stereocenters. The first-order valence-corrected chi connectivity index (χ1v) is 6.29. The number of rotatable bonds is 5. The third kappa shape index (κ3) is 4.85. The normalized spacial score (nSPS) is 11.2. The molecule has 0 saturated carbocycles. The van der Waals surface area contributed by atoms with Gasteiger partial charge in [-0.1, -0.05) is 18.2 Å². The first kappa shape index (κ1) is 17.1. The van der Waals surface area contributed by atoms with Crippen molar-refractivity contribution in [3.63, 3.8) is 0 Å². The monoisotopic (exact) mass is 309 g/mol. The van der Waals surface area contributed by atoms with Crippen molar-refractivity contribution in [2.75, 3.05) is 7.05 Å². The number of hydrogen-bond acceptors (Lipinski definition) is 6. The molecule has 0 aliphatic heterocycles. The smallest absolute Gasteiger partial charge is 0.321 e. The van der Waals surface area contributed by atoms with Crippen LogP contribution in [0, 0.1) is 10.1 Å². The number of carbonyl (C=O) groups excluding carboxylic acids is 3. The summed E-state index contributed by atoms with van der Waals surface area (Å²) in [6.07, 6.45) is -1.55. The highest BCUT2D eigenvalue weighted by Gasteiger charge is 2.22. The summed E-state index contributed by atoms with van der Waals surface area (Å²) in [5, 5.41) is 15.0. The van der Waals surface area contributed by atoms with Gasteiger partial charge in [-0.3, -0.25) is 25.0 Å². The molecule has 0 fully saturated rings. The van der Waals surface area contributed by atoms with Crippen molar-refractivity contribution in [2.45, 2.75) is 19.4 Å². The van der Waals surface area contributed by atoms with E-state index in [4.69, 9.17) is 4.74 Å². The number of para-hydroxylation sites is 1. The van der Waals surface area contributed by atoms with Crippen LogP contribution in [0.15, 0.2) is 24.3 Å². The minimum atomic E-state index is -1.20. The summed E-state index contributed by atoms with van der Waals surface area (Å²) >= 11 is 0. The highest BCUT2D eigenvalue weighted by molar-refractivity contribution is 5.97. The maximum absolute atomic E-state index is 11.7. The maximum Gasteiger partial charge on any atom is 0.321 e. The van der Waals surface area contributed by atoms with Gasteiger partial charge in [-0.15, -0.1) is 0 Å². The van der Waals surface area contributed by atoms with Gasteiger partial charge in [-0.2, -0.15) is 0 Å². The van der Waals surface area contributed by atoms with E-state index in [1.54, 1.807) is 6.07 Å². The molecule has 9 nitrogen and oxygen atoms in total. The van der Waals surface area contributed by atoms with Gasteiger partial charge < -0.3 is 10.1 Å². The Morgan fingerprint density at radius 2 is 1.95 bits per heavy atom. The van der Waals surface area contributed by atoms with Gasteiger partial charge in [0.2, 0.25) is 0 Å². The van der Waals surface area contributed by atoms with Gasteiger partial charge in [0.25, 0.3) is 11.6 Å². The Kier molecular flexibility index (Phi) is 5.99. The van der Waals surface area contributed by atoms with Crippen molar-refractivity contribution >= 4 is 23.6 Å². The van der Waals surface area contributed by atoms with E-state index in [9.17, 15) is 24.5 Å². The van der Waals surface area contributed by atoms with E-state index in [1.807, 2.05) is 5.32 Å². The molecule has 1 atom stereocenters. The summed E-state index contributed by atoms with van der Waals surface area (Å²) < 4.78 is 4.84. The summed E-state index contributed by atoms with van der Waals surface area (Å²) in [4.78, 5) is 44.4. The van der Waals surface area contributed by atoms with Crippen LogP contribution in [0.25, 0.3) is 0 Å². The van der Waals surface area contributed by atoms with Gasteiger partial charge in [0.05, 0.1) is 11.3 Å². The second kappa shape index (κ2) is 7.72. The van der Waals surface area contributed by atoms with Crippen LogP contribution in [-0.2, 0) is 20.7 Å². The highest BCUT2D eigenvalue weighted by atomic mass is 16.6. The topological polar surface area (TPSA) is 128 Å². The van der Waals surface area contributed by atoms with Crippen LogP contribution in [0.2, 0.25) is 0 Å². The van der Waals surface area contributed by atoms with Crippen LogP contribution in [0.4, 0.5) is 10.5 Å². The number of carbonyl (C=O) groups is 3. The lowest BCUT2D eigenvalue weighted by Crippen LogP contribution is -2.43. The zero-order chi connectivity index (χ0) is 16.7. The molecule has 9 heteroatoms. The predicted octanol–water partition coefficient (Wildman–Crippen LogP) is 0.525. The highest BCUT2D eigenvalue weighted by Crippen LogP contribution is 2.18. The van der Waals surface area contributed by atoms with Crippen LogP contribution >= 0.6 is 0 Å².